The van der Waals surface area contributed by atoms with Crippen LogP contribution in [0.5, 0.6) is 0 Å². The SMILES string of the molecule is N#Cc1cnc(N2CCC2)c(-c2ccc3ncc(-c4cc(F)cc(F)c4)c(N4CCC(N)CC4)c3c2)c1. The first kappa shape index (κ1) is 23.3. The van der Waals surface area contributed by atoms with Gasteiger partial charge >= 0.3 is 0 Å². The third kappa shape index (κ3) is 4.36. The maximum atomic E-state index is 14.2. The second-order valence-corrected chi connectivity index (χ2v) is 9.78. The van der Waals surface area contributed by atoms with Crippen LogP contribution in [0, 0.1) is 23.0 Å². The van der Waals surface area contributed by atoms with E-state index in [1.54, 1.807) is 12.4 Å². The van der Waals surface area contributed by atoms with Gasteiger partial charge in [0.05, 0.1) is 16.8 Å². The zero-order valence-electron chi connectivity index (χ0n) is 20.3. The summed E-state index contributed by atoms with van der Waals surface area (Å²) >= 11 is 0. The minimum atomic E-state index is -0.631. The van der Waals surface area contributed by atoms with Gasteiger partial charge in [-0.15, -0.1) is 0 Å². The molecular weight excluding hydrogens is 470 g/mol. The molecule has 0 aliphatic carbocycles. The molecule has 6 nitrogen and oxygen atoms in total. The fourth-order valence-corrected chi connectivity index (χ4v) is 5.24. The number of fused-ring (bicyclic) bond motifs is 1. The summed E-state index contributed by atoms with van der Waals surface area (Å²) in [7, 11) is 0. The highest BCUT2D eigenvalue weighted by atomic mass is 19.1. The highest BCUT2D eigenvalue weighted by molar-refractivity contribution is 6.02. The molecule has 2 aromatic heterocycles. The second kappa shape index (κ2) is 9.41. The Bertz CT molecular complexity index is 1510. The summed E-state index contributed by atoms with van der Waals surface area (Å²) in [6, 6.07) is 13.8. The van der Waals surface area contributed by atoms with Crippen LogP contribution in [-0.2, 0) is 0 Å². The molecule has 0 spiro atoms. The van der Waals surface area contributed by atoms with Gasteiger partial charge < -0.3 is 15.5 Å². The first-order valence-electron chi connectivity index (χ1n) is 12.6. The number of nitriles is 1. The van der Waals surface area contributed by atoms with E-state index in [0.717, 1.165) is 85.0 Å². The molecule has 2 N–H and O–H groups in total. The third-order valence-electron chi connectivity index (χ3n) is 7.33. The van der Waals surface area contributed by atoms with Crippen LogP contribution in [0.4, 0.5) is 20.3 Å². The van der Waals surface area contributed by atoms with E-state index in [2.05, 4.69) is 31.9 Å². The molecule has 2 saturated heterocycles. The number of benzene rings is 2. The lowest BCUT2D eigenvalue weighted by molar-refractivity contribution is 0.502. The van der Waals surface area contributed by atoms with E-state index in [4.69, 9.17) is 5.73 Å². The monoisotopic (exact) mass is 496 g/mol. The topological polar surface area (TPSA) is 82.1 Å². The van der Waals surface area contributed by atoms with Crippen molar-refractivity contribution in [2.45, 2.75) is 25.3 Å². The fourth-order valence-electron chi connectivity index (χ4n) is 5.24. The summed E-state index contributed by atoms with van der Waals surface area (Å²) < 4.78 is 28.5. The Hall–Kier alpha value is -4.09. The van der Waals surface area contributed by atoms with Crippen molar-refractivity contribution in [1.29, 1.82) is 5.26 Å². The Morgan fingerprint density at radius 2 is 1.59 bits per heavy atom. The van der Waals surface area contributed by atoms with Gasteiger partial charge in [0.1, 0.15) is 23.5 Å². The van der Waals surface area contributed by atoms with E-state index in [1.807, 2.05) is 18.2 Å². The van der Waals surface area contributed by atoms with Crippen molar-refractivity contribution < 1.29 is 8.78 Å². The van der Waals surface area contributed by atoms with E-state index >= 15 is 0 Å². The van der Waals surface area contributed by atoms with Crippen LogP contribution in [0.2, 0.25) is 0 Å². The molecule has 0 bridgehead atoms. The minimum Gasteiger partial charge on any atom is -0.370 e. The average Bonchev–Trinajstić information content (AvgIpc) is 2.87. The van der Waals surface area contributed by atoms with Crippen molar-refractivity contribution in [3.63, 3.8) is 0 Å². The van der Waals surface area contributed by atoms with Crippen LogP contribution >= 0.6 is 0 Å². The molecule has 2 fully saturated rings. The second-order valence-electron chi connectivity index (χ2n) is 9.78. The molecule has 37 heavy (non-hydrogen) atoms. The van der Waals surface area contributed by atoms with Crippen LogP contribution in [0.1, 0.15) is 24.8 Å². The average molecular weight is 497 g/mol. The van der Waals surface area contributed by atoms with Crippen LogP contribution in [0.15, 0.2) is 54.9 Å². The van der Waals surface area contributed by atoms with Gasteiger partial charge in [-0.2, -0.15) is 5.26 Å². The Kier molecular flexibility index (Phi) is 5.93. The van der Waals surface area contributed by atoms with Crippen LogP contribution in [-0.4, -0.2) is 42.2 Å². The van der Waals surface area contributed by atoms with Gasteiger partial charge in [-0.1, -0.05) is 6.07 Å². The van der Waals surface area contributed by atoms with Crippen LogP contribution in [0.3, 0.4) is 0 Å². The number of nitrogens with zero attached hydrogens (tertiary/aromatic N) is 5. The van der Waals surface area contributed by atoms with Crippen molar-refractivity contribution >= 4 is 22.4 Å². The smallest absolute Gasteiger partial charge is 0.136 e. The molecule has 2 aromatic carbocycles. The first-order chi connectivity index (χ1) is 18.0. The van der Waals surface area contributed by atoms with E-state index in [-0.39, 0.29) is 6.04 Å². The largest absolute Gasteiger partial charge is 0.370 e. The molecule has 2 aliphatic heterocycles. The third-order valence-corrected chi connectivity index (χ3v) is 7.33. The van der Waals surface area contributed by atoms with Gasteiger partial charge in [-0.3, -0.25) is 4.98 Å². The number of piperidine rings is 1. The quantitative estimate of drug-likeness (QED) is 0.416. The zero-order chi connectivity index (χ0) is 25.5. The maximum absolute atomic E-state index is 14.2. The Balaban J connectivity index is 1.58. The number of anilines is 2. The number of rotatable bonds is 4. The molecule has 0 unspecified atom stereocenters. The summed E-state index contributed by atoms with van der Waals surface area (Å²) in [4.78, 5) is 13.7. The molecule has 4 heterocycles. The highest BCUT2D eigenvalue weighted by Crippen LogP contribution is 2.41. The van der Waals surface area contributed by atoms with E-state index < -0.39 is 11.6 Å². The van der Waals surface area contributed by atoms with Crippen molar-refractivity contribution in [2.75, 3.05) is 36.0 Å². The Labute approximate surface area is 214 Å². The molecule has 8 heteroatoms. The molecule has 2 aliphatic rings. The number of pyridine rings is 2. The number of hydrogen-bond acceptors (Lipinski definition) is 6. The molecule has 0 amide bonds. The molecule has 186 valence electrons. The van der Waals surface area contributed by atoms with Crippen molar-refractivity contribution in [2.24, 2.45) is 5.73 Å². The van der Waals surface area contributed by atoms with Gasteiger partial charge in [0, 0.05) is 67.2 Å². The van der Waals surface area contributed by atoms with Crippen molar-refractivity contribution in [3.05, 3.63) is 72.1 Å². The van der Waals surface area contributed by atoms with Crippen molar-refractivity contribution in [3.8, 4) is 28.3 Å². The van der Waals surface area contributed by atoms with Crippen molar-refractivity contribution in [1.82, 2.24) is 9.97 Å². The molecule has 0 atom stereocenters. The molecular formula is C29H26F2N6. The number of nitrogens with two attached hydrogens (primary N) is 1. The fraction of sp³-hybridized carbons (Fsp3) is 0.276. The normalized spacial score (nSPS) is 16.1. The molecule has 0 radical (unpaired) electrons. The standard InChI is InChI=1S/C29H26F2N6/c30-21-11-20(12-22(31)14-21)26-17-34-27-3-2-19(13-25(27)28(26)36-8-4-23(33)5-9-36)24-10-18(15-32)16-35-29(24)37-6-1-7-37/h2-3,10-14,16-17,23H,1,4-9,33H2. The van der Waals surface area contributed by atoms with Gasteiger partial charge in [0.15, 0.2) is 0 Å². The van der Waals surface area contributed by atoms with Gasteiger partial charge in [0.2, 0.25) is 0 Å². The van der Waals surface area contributed by atoms with E-state index in [9.17, 15) is 14.0 Å². The predicted molar refractivity (Wildman–Crippen MR) is 141 cm³/mol. The molecule has 0 saturated carbocycles. The zero-order valence-corrected chi connectivity index (χ0v) is 20.3. The maximum Gasteiger partial charge on any atom is 0.136 e. The number of halogens is 2. The summed E-state index contributed by atoms with van der Waals surface area (Å²) in [6.45, 7) is 3.32. The molecule has 6 rings (SSSR count). The Morgan fingerprint density at radius 1 is 0.838 bits per heavy atom. The van der Waals surface area contributed by atoms with E-state index in [0.29, 0.717) is 16.7 Å². The first-order valence-corrected chi connectivity index (χ1v) is 12.6. The lowest BCUT2D eigenvalue weighted by atomic mass is 9.95. The van der Waals surface area contributed by atoms with Gasteiger partial charge in [-0.05, 0) is 60.7 Å². The summed E-state index contributed by atoms with van der Waals surface area (Å²) in [5.74, 6) is -0.408. The van der Waals surface area contributed by atoms with Gasteiger partial charge in [0.25, 0.3) is 0 Å². The van der Waals surface area contributed by atoms with Gasteiger partial charge in [-0.25, -0.2) is 13.8 Å². The van der Waals surface area contributed by atoms with E-state index in [1.165, 1.54) is 12.1 Å². The van der Waals surface area contributed by atoms with Crippen LogP contribution in [0.25, 0.3) is 33.2 Å². The minimum absolute atomic E-state index is 0.133. The summed E-state index contributed by atoms with van der Waals surface area (Å²) in [5, 5.41) is 10.4. The highest BCUT2D eigenvalue weighted by Gasteiger charge is 2.24. The summed E-state index contributed by atoms with van der Waals surface area (Å²) in [5.41, 5.74) is 11.3. The number of hydrogen-bond donors (Lipinski definition) is 1. The summed E-state index contributed by atoms with van der Waals surface area (Å²) in [6.07, 6.45) is 6.07. The molecule has 4 aromatic rings. The van der Waals surface area contributed by atoms with Crippen LogP contribution < -0.4 is 15.5 Å². The number of aromatic nitrogens is 2. The lowest BCUT2D eigenvalue weighted by Crippen LogP contribution is -2.40. The predicted octanol–water partition coefficient (Wildman–Crippen LogP) is 5.25. The lowest BCUT2D eigenvalue weighted by Gasteiger charge is -2.34. The Morgan fingerprint density at radius 3 is 2.27 bits per heavy atom.